The number of aromatic amines is 1. The third-order valence-electron chi connectivity index (χ3n) is 1.09. The smallest absolute Gasteiger partial charge is 0.270 e. The number of nitrogens with one attached hydrogen (secondary N) is 1. The highest BCUT2D eigenvalue weighted by Gasteiger charge is 2.09. The highest BCUT2D eigenvalue weighted by molar-refractivity contribution is 6.45. The number of rotatable bonds is 0. The quantitative estimate of drug-likeness (QED) is 0.647. The van der Waals surface area contributed by atoms with Crippen LogP contribution >= 0.6 is 34.8 Å². The maximum absolute atomic E-state index is 10.8. The summed E-state index contributed by atoms with van der Waals surface area (Å²) in [7, 11) is 0. The van der Waals surface area contributed by atoms with Crippen molar-refractivity contribution < 1.29 is 0 Å². The van der Waals surface area contributed by atoms with Crippen molar-refractivity contribution in [1.29, 1.82) is 0 Å². The molecule has 0 saturated carbocycles. The Hall–Kier alpha value is -0.380. The van der Waals surface area contributed by atoms with Gasteiger partial charge in [0.05, 0.1) is 5.69 Å². The van der Waals surface area contributed by atoms with Crippen LogP contribution in [0.2, 0.25) is 15.2 Å². The van der Waals surface area contributed by atoms with Crippen LogP contribution in [0.4, 0.5) is 5.69 Å². The van der Waals surface area contributed by atoms with Crippen LogP contribution in [0.25, 0.3) is 0 Å². The van der Waals surface area contributed by atoms with E-state index in [1.165, 1.54) is 0 Å². The number of hydrogen-bond donors (Lipinski definition) is 2. The summed E-state index contributed by atoms with van der Waals surface area (Å²) in [4.78, 5) is 13.0. The molecule has 0 aromatic carbocycles. The van der Waals surface area contributed by atoms with E-state index in [1.807, 2.05) is 0 Å². The molecule has 0 atom stereocenters. The van der Waals surface area contributed by atoms with Gasteiger partial charge in [0.15, 0.2) is 0 Å². The number of H-pyrrole nitrogens is 1. The first-order valence-corrected chi connectivity index (χ1v) is 3.69. The van der Waals surface area contributed by atoms with Gasteiger partial charge in [-0.3, -0.25) is 4.79 Å². The van der Waals surface area contributed by atoms with Gasteiger partial charge in [-0.1, -0.05) is 34.8 Å². The van der Waals surface area contributed by atoms with E-state index in [-0.39, 0.29) is 20.9 Å². The summed E-state index contributed by atoms with van der Waals surface area (Å²) in [6.45, 7) is 0. The third kappa shape index (κ3) is 1.45. The van der Waals surface area contributed by atoms with Crippen molar-refractivity contribution in [2.75, 3.05) is 5.73 Å². The molecule has 1 rings (SSSR count). The molecule has 0 unspecified atom stereocenters. The Bertz CT molecular complexity index is 346. The minimum absolute atomic E-state index is 0.00133. The second kappa shape index (κ2) is 2.93. The van der Waals surface area contributed by atoms with E-state index in [4.69, 9.17) is 40.5 Å². The molecule has 0 radical (unpaired) electrons. The fourth-order valence-corrected chi connectivity index (χ4v) is 1.07. The van der Waals surface area contributed by atoms with E-state index in [0.29, 0.717) is 0 Å². The van der Waals surface area contributed by atoms with Crippen molar-refractivity contribution in [2.24, 2.45) is 0 Å². The Kier molecular flexibility index (Phi) is 2.32. The highest BCUT2D eigenvalue weighted by atomic mass is 35.5. The predicted octanol–water partition coefficient (Wildman–Crippen LogP) is 1.92. The molecule has 3 N–H and O–H groups in total. The topological polar surface area (TPSA) is 58.9 Å². The molecule has 0 amide bonds. The Balaban J connectivity index is 3.59. The van der Waals surface area contributed by atoms with E-state index in [1.54, 1.807) is 0 Å². The van der Waals surface area contributed by atoms with Crippen LogP contribution in [-0.4, -0.2) is 4.98 Å². The first kappa shape index (κ1) is 8.71. The van der Waals surface area contributed by atoms with E-state index in [2.05, 4.69) is 4.98 Å². The van der Waals surface area contributed by atoms with Gasteiger partial charge in [0.2, 0.25) is 0 Å². The first-order valence-electron chi connectivity index (χ1n) is 2.56. The highest BCUT2D eigenvalue weighted by Crippen LogP contribution is 2.28. The summed E-state index contributed by atoms with van der Waals surface area (Å²) in [6.07, 6.45) is 0. The number of pyridine rings is 1. The van der Waals surface area contributed by atoms with Gasteiger partial charge < -0.3 is 10.7 Å². The maximum Gasteiger partial charge on any atom is 0.270 e. The zero-order valence-corrected chi connectivity index (χ0v) is 7.39. The van der Waals surface area contributed by atoms with Crippen molar-refractivity contribution in [2.45, 2.75) is 0 Å². The molecule has 1 aromatic rings. The van der Waals surface area contributed by atoms with Crippen LogP contribution in [0.5, 0.6) is 0 Å². The molecule has 0 aliphatic carbocycles. The van der Waals surface area contributed by atoms with E-state index in [0.717, 1.165) is 0 Å². The van der Waals surface area contributed by atoms with Gasteiger partial charge in [-0.2, -0.15) is 0 Å². The Labute approximate surface area is 77.1 Å². The van der Waals surface area contributed by atoms with Crippen LogP contribution in [0.1, 0.15) is 0 Å². The zero-order valence-electron chi connectivity index (χ0n) is 5.12. The van der Waals surface area contributed by atoms with E-state index in [9.17, 15) is 4.79 Å². The number of halogens is 3. The maximum atomic E-state index is 10.8. The number of anilines is 1. The molecule has 0 bridgehead atoms. The minimum Gasteiger partial charge on any atom is -0.396 e. The molecule has 11 heavy (non-hydrogen) atoms. The van der Waals surface area contributed by atoms with Crippen LogP contribution in [0.3, 0.4) is 0 Å². The second-order valence-corrected chi connectivity index (χ2v) is 2.94. The first-order chi connectivity index (χ1) is 5.04. The SMILES string of the molecule is Nc1c(Cl)c(Cl)[nH]c(=O)c1Cl. The third-order valence-corrected chi connectivity index (χ3v) is 2.24. The van der Waals surface area contributed by atoms with E-state index >= 15 is 0 Å². The summed E-state index contributed by atoms with van der Waals surface area (Å²) < 4.78 is 0. The van der Waals surface area contributed by atoms with Gasteiger partial charge in [0, 0.05) is 0 Å². The molecule has 0 aliphatic rings. The van der Waals surface area contributed by atoms with Gasteiger partial charge in [0.1, 0.15) is 15.2 Å². The van der Waals surface area contributed by atoms with Crippen LogP contribution in [-0.2, 0) is 0 Å². The molecule has 1 aromatic heterocycles. The summed E-state index contributed by atoms with van der Waals surface area (Å²) in [5, 5.41) is -0.0748. The lowest BCUT2D eigenvalue weighted by atomic mass is 10.4. The molecule has 0 aliphatic heterocycles. The standard InChI is InChI=1S/C5H3Cl3N2O/c6-1-3(9)2(7)5(11)10-4(1)8/h(H3,9,10,11). The number of nitrogen functional groups attached to an aromatic ring is 1. The van der Waals surface area contributed by atoms with Gasteiger partial charge >= 0.3 is 0 Å². The molecule has 1 heterocycles. The normalized spacial score (nSPS) is 10.1. The minimum atomic E-state index is -0.543. The van der Waals surface area contributed by atoms with Crippen LogP contribution in [0, 0.1) is 0 Å². The van der Waals surface area contributed by atoms with Gasteiger partial charge in [0.25, 0.3) is 5.56 Å². The number of nitrogens with two attached hydrogens (primary N) is 1. The van der Waals surface area contributed by atoms with Crippen molar-refractivity contribution >= 4 is 40.5 Å². The van der Waals surface area contributed by atoms with E-state index < -0.39 is 5.56 Å². The van der Waals surface area contributed by atoms with Crippen LogP contribution in [0.15, 0.2) is 4.79 Å². The zero-order chi connectivity index (χ0) is 8.59. The Morgan fingerprint density at radius 3 is 2.27 bits per heavy atom. The molecule has 0 spiro atoms. The summed E-state index contributed by atoms with van der Waals surface area (Å²) >= 11 is 16.5. The predicted molar refractivity (Wildman–Crippen MR) is 46.5 cm³/mol. The Morgan fingerprint density at radius 1 is 1.18 bits per heavy atom. The van der Waals surface area contributed by atoms with Crippen molar-refractivity contribution in [3.63, 3.8) is 0 Å². The largest absolute Gasteiger partial charge is 0.396 e. The van der Waals surface area contributed by atoms with Crippen molar-refractivity contribution in [3.8, 4) is 0 Å². The lowest BCUT2D eigenvalue weighted by molar-refractivity contribution is 1.24. The van der Waals surface area contributed by atoms with Gasteiger partial charge in [-0.15, -0.1) is 0 Å². The van der Waals surface area contributed by atoms with Crippen LogP contribution < -0.4 is 11.3 Å². The summed E-state index contributed by atoms with van der Waals surface area (Å²) in [6, 6.07) is 0. The molecular weight excluding hydrogens is 210 g/mol. The molecule has 3 nitrogen and oxygen atoms in total. The van der Waals surface area contributed by atoms with Crippen molar-refractivity contribution in [3.05, 3.63) is 25.6 Å². The molecular formula is C5H3Cl3N2O. The molecule has 0 saturated heterocycles. The monoisotopic (exact) mass is 212 g/mol. The number of hydrogen-bond acceptors (Lipinski definition) is 2. The molecule has 60 valence electrons. The fraction of sp³-hybridized carbons (Fsp3) is 0. The average Bonchev–Trinajstić information content (AvgIpc) is 1.97. The molecule has 6 heteroatoms. The van der Waals surface area contributed by atoms with Gasteiger partial charge in [-0.05, 0) is 0 Å². The lowest BCUT2D eigenvalue weighted by Gasteiger charge is -2.00. The average molecular weight is 213 g/mol. The second-order valence-electron chi connectivity index (χ2n) is 1.81. The Morgan fingerprint density at radius 2 is 1.73 bits per heavy atom. The number of aromatic nitrogens is 1. The van der Waals surface area contributed by atoms with Gasteiger partial charge in [-0.25, -0.2) is 0 Å². The fourth-order valence-electron chi connectivity index (χ4n) is 0.546. The lowest BCUT2D eigenvalue weighted by Crippen LogP contribution is -2.09. The summed E-state index contributed by atoms with van der Waals surface area (Å²) in [5.41, 5.74) is 4.77. The summed E-state index contributed by atoms with van der Waals surface area (Å²) in [5.74, 6) is 0. The molecule has 0 fully saturated rings. The van der Waals surface area contributed by atoms with Crippen molar-refractivity contribution in [1.82, 2.24) is 4.98 Å².